The molecule has 1 amide bonds. The van der Waals surface area contributed by atoms with Crippen LogP contribution in [0, 0.1) is 0 Å². The van der Waals surface area contributed by atoms with Gasteiger partial charge < -0.3 is 14.5 Å². The first kappa shape index (κ1) is 16.3. The molecule has 1 fully saturated rings. The minimum absolute atomic E-state index is 0.238. The monoisotopic (exact) mass is 303 g/mol. The third-order valence-corrected chi connectivity index (χ3v) is 3.50. The zero-order valence-electron chi connectivity index (χ0n) is 13.9. The van der Waals surface area contributed by atoms with Gasteiger partial charge in [0.2, 0.25) is 0 Å². The van der Waals surface area contributed by atoms with Gasteiger partial charge in [0.25, 0.3) is 0 Å². The summed E-state index contributed by atoms with van der Waals surface area (Å²) < 4.78 is 5.40. The molecule has 2 heterocycles. The molecule has 1 aliphatic heterocycles. The van der Waals surface area contributed by atoms with Crippen molar-refractivity contribution in [1.82, 2.24) is 9.88 Å². The molecule has 0 aromatic carbocycles. The second-order valence-corrected chi connectivity index (χ2v) is 6.64. The van der Waals surface area contributed by atoms with Gasteiger partial charge in [-0.3, -0.25) is 0 Å². The molecule has 0 radical (unpaired) electrons. The van der Waals surface area contributed by atoms with Crippen molar-refractivity contribution in [3.63, 3.8) is 0 Å². The van der Waals surface area contributed by atoms with E-state index in [1.54, 1.807) is 4.90 Å². The number of hydrogen-bond donors (Lipinski definition) is 0. The topological polar surface area (TPSA) is 45.7 Å². The molecule has 0 bridgehead atoms. The number of amides is 1. The molecule has 0 N–H and O–H groups in total. The van der Waals surface area contributed by atoms with Crippen molar-refractivity contribution in [2.24, 2.45) is 0 Å². The van der Waals surface area contributed by atoms with E-state index >= 15 is 0 Å². The largest absolute Gasteiger partial charge is 0.444 e. The van der Waals surface area contributed by atoms with E-state index in [9.17, 15) is 4.79 Å². The van der Waals surface area contributed by atoms with E-state index in [2.05, 4.69) is 16.5 Å². The Labute approximate surface area is 132 Å². The summed E-state index contributed by atoms with van der Waals surface area (Å²) in [6, 6.07) is 4.04. The number of carbonyl (C=O) groups excluding carboxylic acids is 1. The van der Waals surface area contributed by atoms with Gasteiger partial charge in [-0.1, -0.05) is 6.58 Å². The van der Waals surface area contributed by atoms with Gasteiger partial charge in [0, 0.05) is 32.4 Å². The number of carbonyl (C=O) groups is 1. The summed E-state index contributed by atoms with van der Waals surface area (Å²) in [6.45, 7) is 14.4. The number of aromatic nitrogens is 1. The molecule has 22 heavy (non-hydrogen) atoms. The maximum Gasteiger partial charge on any atom is 0.410 e. The van der Waals surface area contributed by atoms with Crippen molar-refractivity contribution >= 4 is 17.5 Å². The Kier molecular flexibility index (Phi) is 4.74. The first-order valence-electron chi connectivity index (χ1n) is 7.61. The summed E-state index contributed by atoms with van der Waals surface area (Å²) in [5.41, 5.74) is 1.61. The van der Waals surface area contributed by atoms with Gasteiger partial charge in [-0.15, -0.1) is 0 Å². The molecule has 0 aliphatic carbocycles. The average Bonchev–Trinajstić information content (AvgIpc) is 2.46. The molecule has 1 aromatic rings. The summed E-state index contributed by atoms with van der Waals surface area (Å²) in [7, 11) is 0. The minimum atomic E-state index is -0.450. The highest BCUT2D eigenvalue weighted by molar-refractivity contribution is 5.68. The van der Waals surface area contributed by atoms with Gasteiger partial charge in [0.1, 0.15) is 11.4 Å². The van der Waals surface area contributed by atoms with Crippen LogP contribution < -0.4 is 4.90 Å². The molecule has 1 aliphatic rings. The maximum absolute atomic E-state index is 12.0. The molecule has 0 saturated carbocycles. The van der Waals surface area contributed by atoms with Crippen LogP contribution >= 0.6 is 0 Å². The lowest BCUT2D eigenvalue weighted by atomic mass is 10.1. The number of rotatable bonds is 2. The molecule has 1 saturated heterocycles. The van der Waals surface area contributed by atoms with Crippen LogP contribution in [0.15, 0.2) is 24.9 Å². The number of allylic oxidation sites excluding steroid dienone is 1. The predicted octanol–water partition coefficient (Wildman–Crippen LogP) is 3.17. The first-order chi connectivity index (χ1) is 10.3. The van der Waals surface area contributed by atoms with E-state index in [0.717, 1.165) is 30.0 Å². The lowest BCUT2D eigenvalue weighted by Gasteiger charge is -2.36. The number of hydrogen-bond acceptors (Lipinski definition) is 4. The van der Waals surface area contributed by atoms with Crippen LogP contribution in [-0.4, -0.2) is 47.8 Å². The third kappa shape index (κ3) is 4.23. The van der Waals surface area contributed by atoms with Gasteiger partial charge in [0.15, 0.2) is 0 Å². The summed E-state index contributed by atoms with van der Waals surface area (Å²) in [4.78, 5) is 20.5. The van der Waals surface area contributed by atoms with Gasteiger partial charge >= 0.3 is 6.09 Å². The van der Waals surface area contributed by atoms with Gasteiger partial charge in [-0.25, -0.2) is 9.78 Å². The van der Waals surface area contributed by atoms with Gasteiger partial charge in [-0.05, 0) is 51.0 Å². The quantitative estimate of drug-likeness (QED) is 0.842. The molecule has 120 valence electrons. The van der Waals surface area contributed by atoms with Crippen LogP contribution in [0.2, 0.25) is 0 Å². The number of pyridine rings is 1. The highest BCUT2D eigenvalue weighted by Gasteiger charge is 2.26. The molecular formula is C17H25N3O2. The molecule has 0 spiro atoms. The highest BCUT2D eigenvalue weighted by Crippen LogP contribution is 2.18. The number of nitrogens with zero attached hydrogens (tertiary/aromatic N) is 3. The zero-order chi connectivity index (χ0) is 16.3. The number of anilines is 1. The smallest absolute Gasteiger partial charge is 0.410 e. The fourth-order valence-corrected chi connectivity index (χ4v) is 2.27. The lowest BCUT2D eigenvalue weighted by molar-refractivity contribution is 0.0240. The Hall–Kier alpha value is -2.04. The predicted molar refractivity (Wildman–Crippen MR) is 89.0 cm³/mol. The van der Waals surface area contributed by atoms with Crippen molar-refractivity contribution in [3.8, 4) is 0 Å². The summed E-state index contributed by atoms with van der Waals surface area (Å²) in [5, 5.41) is 0. The second kappa shape index (κ2) is 6.38. The summed E-state index contributed by atoms with van der Waals surface area (Å²) in [5.74, 6) is 0.939. The van der Waals surface area contributed by atoms with E-state index in [0.29, 0.717) is 13.1 Å². The third-order valence-electron chi connectivity index (χ3n) is 3.50. The zero-order valence-corrected chi connectivity index (χ0v) is 13.9. The Balaban J connectivity index is 1.91. The SMILES string of the molecule is C=C(C)c1ccc(N2CCN(C(=O)OC(C)(C)C)CC2)nc1. The molecule has 5 heteroatoms. The van der Waals surface area contributed by atoms with Gasteiger partial charge in [-0.2, -0.15) is 0 Å². The van der Waals surface area contributed by atoms with Crippen molar-refractivity contribution in [2.45, 2.75) is 33.3 Å². The second-order valence-electron chi connectivity index (χ2n) is 6.64. The Morgan fingerprint density at radius 1 is 1.23 bits per heavy atom. The summed E-state index contributed by atoms with van der Waals surface area (Å²) in [6.07, 6.45) is 1.61. The Morgan fingerprint density at radius 3 is 2.32 bits per heavy atom. The standard InChI is InChI=1S/C17H25N3O2/c1-13(2)14-6-7-15(18-12-14)19-8-10-20(11-9-19)16(21)22-17(3,4)5/h6-7,12H,1,8-11H2,2-5H3. The normalized spacial score (nSPS) is 15.6. The molecular weight excluding hydrogens is 278 g/mol. The van der Waals surface area contributed by atoms with E-state index in [1.807, 2.05) is 46.0 Å². The molecule has 0 unspecified atom stereocenters. The van der Waals surface area contributed by atoms with Crippen LogP contribution in [0.25, 0.3) is 5.57 Å². The summed E-state index contributed by atoms with van der Waals surface area (Å²) >= 11 is 0. The van der Waals surface area contributed by atoms with Crippen molar-refractivity contribution < 1.29 is 9.53 Å². The Bertz CT molecular complexity index is 538. The first-order valence-corrected chi connectivity index (χ1v) is 7.61. The van der Waals surface area contributed by atoms with E-state index in [-0.39, 0.29) is 6.09 Å². The fourth-order valence-electron chi connectivity index (χ4n) is 2.27. The Morgan fingerprint density at radius 2 is 1.86 bits per heavy atom. The van der Waals surface area contributed by atoms with E-state index < -0.39 is 5.60 Å². The van der Waals surface area contributed by atoms with Gasteiger partial charge in [0.05, 0.1) is 0 Å². The van der Waals surface area contributed by atoms with Crippen molar-refractivity contribution in [1.29, 1.82) is 0 Å². The molecule has 0 atom stereocenters. The van der Waals surface area contributed by atoms with E-state index in [1.165, 1.54) is 0 Å². The van der Waals surface area contributed by atoms with Crippen LogP contribution in [-0.2, 0) is 4.74 Å². The average molecular weight is 303 g/mol. The van der Waals surface area contributed by atoms with Crippen LogP contribution in [0.3, 0.4) is 0 Å². The highest BCUT2D eigenvalue weighted by atomic mass is 16.6. The molecule has 1 aromatic heterocycles. The van der Waals surface area contributed by atoms with E-state index in [4.69, 9.17) is 4.74 Å². The van der Waals surface area contributed by atoms with Crippen LogP contribution in [0.4, 0.5) is 10.6 Å². The van der Waals surface area contributed by atoms with Crippen molar-refractivity contribution in [2.75, 3.05) is 31.1 Å². The van der Waals surface area contributed by atoms with Crippen LogP contribution in [0.5, 0.6) is 0 Å². The minimum Gasteiger partial charge on any atom is -0.444 e. The number of piperazine rings is 1. The maximum atomic E-state index is 12.0. The van der Waals surface area contributed by atoms with Crippen LogP contribution in [0.1, 0.15) is 33.3 Å². The van der Waals surface area contributed by atoms with Crippen molar-refractivity contribution in [3.05, 3.63) is 30.5 Å². The molecule has 2 rings (SSSR count). The fraction of sp³-hybridized carbons (Fsp3) is 0.529. The lowest BCUT2D eigenvalue weighted by Crippen LogP contribution is -2.50. The number of ether oxygens (including phenoxy) is 1. The molecule has 5 nitrogen and oxygen atoms in total.